The number of carbonyl (C=O) groups is 2. The first-order chi connectivity index (χ1) is 17.8. The van der Waals surface area contributed by atoms with Crippen molar-refractivity contribution in [3.8, 4) is 0 Å². The zero-order chi connectivity index (χ0) is 27.8. The molecule has 206 valence electrons. The Kier molecular flexibility index (Phi) is 8.48. The maximum Gasteiger partial charge on any atom is 0.304 e. The van der Waals surface area contributed by atoms with Gasteiger partial charge < -0.3 is 10.4 Å². The monoisotopic (exact) mass is 580 g/mol. The van der Waals surface area contributed by atoms with Crippen LogP contribution in [-0.2, 0) is 19.6 Å². The van der Waals surface area contributed by atoms with E-state index >= 15 is 0 Å². The van der Waals surface area contributed by atoms with E-state index in [1.165, 1.54) is 4.31 Å². The quantitative estimate of drug-likeness (QED) is 0.378. The average Bonchev–Trinajstić information content (AvgIpc) is 3.70. The van der Waals surface area contributed by atoms with Crippen LogP contribution in [0.4, 0.5) is 0 Å². The van der Waals surface area contributed by atoms with Crippen molar-refractivity contribution in [2.45, 2.75) is 69.2 Å². The number of rotatable bonds is 10. The lowest BCUT2D eigenvalue weighted by Gasteiger charge is -2.45. The van der Waals surface area contributed by atoms with Crippen molar-refractivity contribution in [3.05, 3.63) is 69.7 Å². The number of nitrogens with zero attached hydrogens (tertiary/aromatic N) is 1. The summed E-state index contributed by atoms with van der Waals surface area (Å²) in [5.41, 5.74) is 0.648. The Balaban J connectivity index is 1.68. The number of halogens is 2. The molecule has 2 N–H and O–H groups in total. The van der Waals surface area contributed by atoms with E-state index < -0.39 is 27.4 Å². The summed E-state index contributed by atoms with van der Waals surface area (Å²) in [6, 6.07) is 13.8. The maximum absolute atomic E-state index is 13.3. The summed E-state index contributed by atoms with van der Waals surface area (Å²) in [6.45, 7) is 3.68. The predicted octanol–water partition coefficient (Wildman–Crippen LogP) is 5.64. The smallest absolute Gasteiger partial charge is 0.304 e. The summed E-state index contributed by atoms with van der Waals surface area (Å²) in [5, 5.41) is 13.4. The van der Waals surface area contributed by atoms with Gasteiger partial charge in [0.25, 0.3) is 0 Å². The maximum atomic E-state index is 13.3. The zero-order valence-electron chi connectivity index (χ0n) is 21.7. The molecule has 0 bridgehead atoms. The Morgan fingerprint density at radius 2 is 1.82 bits per heavy atom. The first kappa shape index (κ1) is 28.9. The van der Waals surface area contributed by atoms with Gasteiger partial charge in [-0.3, -0.25) is 9.59 Å². The molecule has 1 amide bonds. The number of benzene rings is 2. The number of amides is 1. The number of carbonyl (C=O) groups excluding carboxylic acids is 1. The number of carboxylic acid groups (broad SMARTS) is 1. The van der Waals surface area contributed by atoms with Crippen LogP contribution in [0.1, 0.15) is 69.0 Å². The summed E-state index contributed by atoms with van der Waals surface area (Å²) in [5.74, 6) is -1.71. The number of piperidine rings is 1. The van der Waals surface area contributed by atoms with Gasteiger partial charge in [-0.15, -0.1) is 0 Å². The highest BCUT2D eigenvalue weighted by Gasteiger charge is 2.48. The lowest BCUT2D eigenvalue weighted by atomic mass is 9.67. The number of carboxylic acids is 1. The molecule has 1 saturated heterocycles. The van der Waals surface area contributed by atoms with Gasteiger partial charge in [0.05, 0.1) is 17.1 Å². The Morgan fingerprint density at radius 1 is 1.16 bits per heavy atom. The van der Waals surface area contributed by atoms with E-state index in [0.717, 1.165) is 11.1 Å². The molecule has 10 heteroatoms. The van der Waals surface area contributed by atoms with Gasteiger partial charge >= 0.3 is 5.97 Å². The Bertz CT molecular complexity index is 1300. The predicted molar refractivity (Wildman–Crippen MR) is 149 cm³/mol. The van der Waals surface area contributed by atoms with Crippen LogP contribution in [-0.4, -0.2) is 48.0 Å². The molecular weight excluding hydrogens is 547 g/mol. The Labute approximate surface area is 234 Å². The number of hydrogen-bond acceptors (Lipinski definition) is 4. The number of sulfonamides is 1. The minimum absolute atomic E-state index is 0.158. The van der Waals surface area contributed by atoms with Crippen molar-refractivity contribution in [2.75, 3.05) is 7.05 Å². The molecule has 0 spiro atoms. The molecular formula is C28H34Cl2N2O5S. The molecule has 4 rings (SSSR count). The minimum atomic E-state index is -3.48. The summed E-state index contributed by atoms with van der Waals surface area (Å²) >= 11 is 12.4. The van der Waals surface area contributed by atoms with E-state index in [-0.39, 0.29) is 35.5 Å². The van der Waals surface area contributed by atoms with Crippen molar-refractivity contribution in [1.29, 1.82) is 0 Å². The van der Waals surface area contributed by atoms with Gasteiger partial charge in [0.1, 0.15) is 0 Å². The molecule has 1 saturated carbocycles. The molecule has 2 aromatic carbocycles. The molecule has 7 nitrogen and oxygen atoms in total. The fourth-order valence-corrected chi connectivity index (χ4v) is 7.76. The number of hydrogen-bond donors (Lipinski definition) is 2. The molecule has 2 aromatic rings. The molecule has 1 aliphatic heterocycles. The van der Waals surface area contributed by atoms with Crippen LogP contribution >= 0.6 is 23.2 Å². The van der Waals surface area contributed by atoms with Gasteiger partial charge in [-0.05, 0) is 67.0 Å². The SMILES string of the molecule is CC(C[C@@H](c1ccc(Cl)cc1)N(C)S(=O)(=O)C1CC1)[C@@H]1NC(=O)[C@](C)(CC(=O)O)C[C@@H]1c1cccc(Cl)c1. The van der Waals surface area contributed by atoms with E-state index in [2.05, 4.69) is 5.32 Å². The van der Waals surface area contributed by atoms with Crippen molar-refractivity contribution in [1.82, 2.24) is 9.62 Å². The third-order valence-electron chi connectivity index (χ3n) is 8.02. The van der Waals surface area contributed by atoms with Crippen LogP contribution in [0, 0.1) is 11.3 Å². The number of aliphatic carboxylic acids is 1. The first-order valence-electron chi connectivity index (χ1n) is 12.8. The molecule has 2 fully saturated rings. The Hall–Kier alpha value is -2.13. The number of nitrogens with one attached hydrogen (secondary N) is 1. The molecule has 0 aromatic heterocycles. The second-order valence-corrected chi connectivity index (χ2v) is 14.2. The Morgan fingerprint density at radius 3 is 2.39 bits per heavy atom. The molecule has 5 atom stereocenters. The van der Waals surface area contributed by atoms with Crippen molar-refractivity contribution < 1.29 is 23.1 Å². The third-order valence-corrected chi connectivity index (χ3v) is 10.9. The third kappa shape index (κ3) is 6.19. The molecule has 0 radical (unpaired) electrons. The standard InChI is InChI=1S/C28H34Cl2N2O5S/c1-17(13-24(18-7-9-20(29)10-8-18)32(3)38(36,37)22-11-12-22)26-23(19-5-4-6-21(30)14-19)15-28(2,16-25(33)34)27(35)31-26/h4-10,14,17,22-24,26H,11-13,15-16H2,1-3H3,(H,31,35)(H,33,34)/t17?,23-,24+,26+,28+/m1/s1. The van der Waals surface area contributed by atoms with E-state index in [1.807, 2.05) is 37.3 Å². The van der Waals surface area contributed by atoms with Crippen LogP contribution in [0.15, 0.2) is 48.5 Å². The lowest BCUT2D eigenvalue weighted by Crippen LogP contribution is -2.56. The molecule has 2 aliphatic rings. The summed E-state index contributed by atoms with van der Waals surface area (Å²) in [7, 11) is -1.86. The average molecular weight is 582 g/mol. The van der Waals surface area contributed by atoms with E-state index in [4.69, 9.17) is 23.2 Å². The topological polar surface area (TPSA) is 104 Å². The summed E-state index contributed by atoms with van der Waals surface area (Å²) in [4.78, 5) is 24.9. The van der Waals surface area contributed by atoms with Gasteiger partial charge in [-0.1, -0.05) is 61.3 Å². The van der Waals surface area contributed by atoms with Crippen LogP contribution in [0.5, 0.6) is 0 Å². The highest BCUT2D eigenvalue weighted by molar-refractivity contribution is 7.90. The van der Waals surface area contributed by atoms with E-state index in [1.54, 1.807) is 32.2 Å². The molecule has 38 heavy (non-hydrogen) atoms. The van der Waals surface area contributed by atoms with Gasteiger partial charge in [0, 0.05) is 35.1 Å². The second kappa shape index (κ2) is 11.2. The molecule has 1 aliphatic carbocycles. The van der Waals surface area contributed by atoms with Crippen LogP contribution in [0.3, 0.4) is 0 Å². The van der Waals surface area contributed by atoms with Crippen molar-refractivity contribution in [2.24, 2.45) is 11.3 Å². The fourth-order valence-electron chi connectivity index (χ4n) is 5.68. The molecule has 1 heterocycles. The van der Waals surface area contributed by atoms with Crippen molar-refractivity contribution >= 4 is 45.1 Å². The molecule has 1 unspecified atom stereocenters. The van der Waals surface area contributed by atoms with Crippen LogP contribution in [0.25, 0.3) is 0 Å². The summed E-state index contributed by atoms with van der Waals surface area (Å²) in [6.07, 6.45) is 1.82. The van der Waals surface area contributed by atoms with Gasteiger partial charge in [-0.2, -0.15) is 4.31 Å². The van der Waals surface area contributed by atoms with Gasteiger partial charge in [0.2, 0.25) is 15.9 Å². The van der Waals surface area contributed by atoms with E-state index in [0.29, 0.717) is 35.7 Å². The highest BCUT2D eigenvalue weighted by atomic mass is 35.5. The highest BCUT2D eigenvalue weighted by Crippen LogP contribution is 2.45. The van der Waals surface area contributed by atoms with Crippen LogP contribution in [0.2, 0.25) is 10.0 Å². The summed E-state index contributed by atoms with van der Waals surface area (Å²) < 4.78 is 28.0. The van der Waals surface area contributed by atoms with Gasteiger partial charge in [-0.25, -0.2) is 8.42 Å². The minimum Gasteiger partial charge on any atom is -0.481 e. The van der Waals surface area contributed by atoms with E-state index in [9.17, 15) is 23.1 Å². The fraction of sp³-hybridized carbons (Fsp3) is 0.500. The largest absolute Gasteiger partial charge is 0.481 e. The zero-order valence-corrected chi connectivity index (χ0v) is 24.1. The van der Waals surface area contributed by atoms with Crippen molar-refractivity contribution in [3.63, 3.8) is 0 Å². The van der Waals surface area contributed by atoms with Gasteiger partial charge in [0.15, 0.2) is 0 Å². The normalized spacial score (nSPS) is 25.6. The van der Waals surface area contributed by atoms with Crippen LogP contribution < -0.4 is 5.32 Å². The first-order valence-corrected chi connectivity index (χ1v) is 15.1. The lowest BCUT2D eigenvalue weighted by molar-refractivity contribution is -0.147. The second-order valence-electron chi connectivity index (χ2n) is 11.0.